The van der Waals surface area contributed by atoms with Gasteiger partial charge in [0.15, 0.2) is 0 Å². The van der Waals surface area contributed by atoms with Gasteiger partial charge in [0.25, 0.3) is 0 Å². The molecule has 2 N–H and O–H groups in total. The van der Waals surface area contributed by atoms with Crippen LogP contribution in [0, 0.1) is 0 Å². The topological polar surface area (TPSA) is 59.0 Å². The molecule has 0 bridgehead atoms. The molecule has 0 spiro atoms. The fourth-order valence-corrected chi connectivity index (χ4v) is 2.54. The fourth-order valence-electron chi connectivity index (χ4n) is 2.54. The third-order valence-electron chi connectivity index (χ3n) is 3.60. The lowest BCUT2D eigenvalue weighted by atomic mass is 10.1. The number of amides is 2. The van der Waals surface area contributed by atoms with Crippen molar-refractivity contribution in [2.75, 3.05) is 6.54 Å². The van der Waals surface area contributed by atoms with E-state index >= 15 is 0 Å². The van der Waals surface area contributed by atoms with Crippen LogP contribution in [0.15, 0.2) is 18.5 Å². The van der Waals surface area contributed by atoms with Gasteiger partial charge >= 0.3 is 6.03 Å². The van der Waals surface area contributed by atoms with Gasteiger partial charge in [0.05, 0.1) is 0 Å². The van der Waals surface area contributed by atoms with Crippen molar-refractivity contribution in [2.45, 2.75) is 57.5 Å². The first kappa shape index (κ1) is 13.9. The lowest BCUT2D eigenvalue weighted by Gasteiger charge is -2.16. The molecule has 0 aromatic carbocycles. The highest BCUT2D eigenvalue weighted by Gasteiger charge is 2.13. The Hall–Kier alpha value is -1.52. The molecule has 1 aliphatic rings. The zero-order valence-corrected chi connectivity index (χ0v) is 11.5. The SMILES string of the molecule is O=C(NCCCn1cccn1)NC1CCCCCC1. The van der Waals surface area contributed by atoms with E-state index in [-0.39, 0.29) is 6.03 Å². The van der Waals surface area contributed by atoms with Crippen LogP contribution in [0.25, 0.3) is 0 Å². The van der Waals surface area contributed by atoms with Crippen molar-refractivity contribution in [1.29, 1.82) is 0 Å². The molecule has 0 radical (unpaired) electrons. The van der Waals surface area contributed by atoms with Gasteiger partial charge in [0, 0.05) is 31.5 Å². The average molecular weight is 264 g/mol. The summed E-state index contributed by atoms with van der Waals surface area (Å²) in [5.74, 6) is 0. The predicted octanol–water partition coefficient (Wildman–Crippen LogP) is 2.30. The number of aromatic nitrogens is 2. The van der Waals surface area contributed by atoms with E-state index in [1.165, 1.54) is 25.7 Å². The van der Waals surface area contributed by atoms with E-state index in [0.717, 1.165) is 25.8 Å². The second kappa shape index (κ2) is 7.81. The molecule has 1 heterocycles. The average Bonchev–Trinajstić information content (AvgIpc) is 2.79. The Morgan fingerprint density at radius 3 is 2.74 bits per heavy atom. The number of hydrogen-bond acceptors (Lipinski definition) is 2. The molecule has 1 aromatic rings. The minimum Gasteiger partial charge on any atom is -0.338 e. The van der Waals surface area contributed by atoms with Crippen molar-refractivity contribution in [1.82, 2.24) is 20.4 Å². The molecule has 5 nitrogen and oxygen atoms in total. The summed E-state index contributed by atoms with van der Waals surface area (Å²) in [7, 11) is 0. The van der Waals surface area contributed by atoms with Crippen LogP contribution in [0.3, 0.4) is 0 Å². The van der Waals surface area contributed by atoms with Crippen molar-refractivity contribution >= 4 is 6.03 Å². The molecule has 106 valence electrons. The van der Waals surface area contributed by atoms with E-state index in [0.29, 0.717) is 12.6 Å². The van der Waals surface area contributed by atoms with Crippen LogP contribution in [0.5, 0.6) is 0 Å². The van der Waals surface area contributed by atoms with Crippen LogP contribution in [0.1, 0.15) is 44.9 Å². The first-order chi connectivity index (χ1) is 9.34. The highest BCUT2D eigenvalue weighted by atomic mass is 16.2. The molecule has 0 unspecified atom stereocenters. The maximum atomic E-state index is 11.7. The van der Waals surface area contributed by atoms with Crippen LogP contribution in [-0.4, -0.2) is 28.4 Å². The normalized spacial score (nSPS) is 16.8. The summed E-state index contributed by atoms with van der Waals surface area (Å²) in [6.07, 6.45) is 12.0. The fraction of sp³-hybridized carbons (Fsp3) is 0.714. The smallest absolute Gasteiger partial charge is 0.315 e. The second-order valence-corrected chi connectivity index (χ2v) is 5.21. The Labute approximate surface area is 114 Å². The molecule has 0 aliphatic heterocycles. The maximum Gasteiger partial charge on any atom is 0.315 e. The minimum absolute atomic E-state index is 0.0210. The summed E-state index contributed by atoms with van der Waals surface area (Å²) < 4.78 is 1.88. The van der Waals surface area contributed by atoms with Gasteiger partial charge in [-0.2, -0.15) is 5.10 Å². The number of urea groups is 1. The van der Waals surface area contributed by atoms with Crippen molar-refractivity contribution in [3.8, 4) is 0 Å². The largest absolute Gasteiger partial charge is 0.338 e. The van der Waals surface area contributed by atoms with Crippen molar-refractivity contribution in [2.24, 2.45) is 0 Å². The number of carbonyl (C=O) groups is 1. The summed E-state index contributed by atoms with van der Waals surface area (Å²) in [4.78, 5) is 11.7. The molecule has 1 fully saturated rings. The number of rotatable bonds is 5. The first-order valence-corrected chi connectivity index (χ1v) is 7.36. The van der Waals surface area contributed by atoms with Crippen LogP contribution in [0.2, 0.25) is 0 Å². The predicted molar refractivity (Wildman–Crippen MR) is 74.9 cm³/mol. The number of carbonyl (C=O) groups excluding carboxylic acids is 1. The summed E-state index contributed by atoms with van der Waals surface area (Å²) in [5, 5.41) is 10.1. The van der Waals surface area contributed by atoms with Crippen LogP contribution in [0.4, 0.5) is 4.79 Å². The van der Waals surface area contributed by atoms with Crippen molar-refractivity contribution in [3.63, 3.8) is 0 Å². The Kier molecular flexibility index (Phi) is 5.72. The molecule has 2 rings (SSSR count). The molecule has 1 aromatic heterocycles. The molecule has 19 heavy (non-hydrogen) atoms. The molecule has 0 saturated heterocycles. The van der Waals surface area contributed by atoms with Crippen LogP contribution in [-0.2, 0) is 6.54 Å². The molecule has 1 saturated carbocycles. The Morgan fingerprint density at radius 2 is 2.05 bits per heavy atom. The van der Waals surface area contributed by atoms with Gasteiger partial charge in [-0.05, 0) is 25.3 Å². The van der Waals surface area contributed by atoms with E-state index < -0.39 is 0 Å². The van der Waals surface area contributed by atoms with Crippen LogP contribution < -0.4 is 10.6 Å². The van der Waals surface area contributed by atoms with E-state index in [4.69, 9.17) is 0 Å². The summed E-state index contributed by atoms with van der Waals surface area (Å²) >= 11 is 0. The zero-order chi connectivity index (χ0) is 13.3. The zero-order valence-electron chi connectivity index (χ0n) is 11.5. The van der Waals surface area contributed by atoms with E-state index in [1.807, 2.05) is 16.9 Å². The summed E-state index contributed by atoms with van der Waals surface area (Å²) in [5.41, 5.74) is 0. The van der Waals surface area contributed by atoms with Gasteiger partial charge < -0.3 is 10.6 Å². The molecule has 0 atom stereocenters. The summed E-state index contributed by atoms with van der Waals surface area (Å²) in [6.45, 7) is 1.54. The number of hydrogen-bond donors (Lipinski definition) is 2. The lowest BCUT2D eigenvalue weighted by molar-refractivity contribution is 0.235. The molecule has 5 heteroatoms. The van der Waals surface area contributed by atoms with E-state index in [2.05, 4.69) is 15.7 Å². The number of nitrogens with one attached hydrogen (secondary N) is 2. The minimum atomic E-state index is -0.0210. The maximum absolute atomic E-state index is 11.7. The van der Waals surface area contributed by atoms with Gasteiger partial charge in [-0.3, -0.25) is 4.68 Å². The monoisotopic (exact) mass is 264 g/mol. The van der Waals surface area contributed by atoms with Crippen molar-refractivity contribution < 1.29 is 4.79 Å². The highest BCUT2D eigenvalue weighted by Crippen LogP contribution is 2.16. The summed E-state index contributed by atoms with van der Waals surface area (Å²) in [6, 6.07) is 2.26. The highest BCUT2D eigenvalue weighted by molar-refractivity contribution is 5.74. The van der Waals surface area contributed by atoms with Gasteiger partial charge in [0.1, 0.15) is 0 Å². The van der Waals surface area contributed by atoms with Gasteiger partial charge in [0.2, 0.25) is 0 Å². The van der Waals surface area contributed by atoms with E-state index in [9.17, 15) is 4.79 Å². The third kappa shape index (κ3) is 5.32. The van der Waals surface area contributed by atoms with Crippen molar-refractivity contribution in [3.05, 3.63) is 18.5 Å². The quantitative estimate of drug-likeness (QED) is 0.633. The number of aryl methyl sites for hydroxylation is 1. The Bertz CT molecular complexity index is 356. The lowest BCUT2D eigenvalue weighted by Crippen LogP contribution is -2.42. The number of nitrogens with zero attached hydrogens (tertiary/aromatic N) is 2. The van der Waals surface area contributed by atoms with Gasteiger partial charge in [-0.1, -0.05) is 25.7 Å². The molecular weight excluding hydrogens is 240 g/mol. The van der Waals surface area contributed by atoms with Gasteiger partial charge in [-0.15, -0.1) is 0 Å². The second-order valence-electron chi connectivity index (χ2n) is 5.21. The molecule has 2 amide bonds. The van der Waals surface area contributed by atoms with Gasteiger partial charge in [-0.25, -0.2) is 4.79 Å². The molecular formula is C14H24N4O. The van der Waals surface area contributed by atoms with E-state index in [1.54, 1.807) is 6.20 Å². The Balaban J connectivity index is 1.56. The molecule has 1 aliphatic carbocycles. The first-order valence-electron chi connectivity index (χ1n) is 7.36. The van der Waals surface area contributed by atoms with Crippen LogP contribution >= 0.6 is 0 Å². The third-order valence-corrected chi connectivity index (χ3v) is 3.60. The Morgan fingerprint density at radius 1 is 1.26 bits per heavy atom. The standard InChI is InChI=1S/C14H24N4O/c19-14(17-13-7-3-1-2-4-8-13)15-9-5-11-18-12-6-10-16-18/h6,10,12-13H,1-5,7-9,11H2,(H2,15,17,19).